The van der Waals surface area contributed by atoms with Crippen LogP contribution in [0.15, 0.2) is 89.3 Å². The number of carbonyl (C=O) groups is 2. The number of hydrogen-bond donors (Lipinski definition) is 2. The SMILES string of the molecule is Nc1cc(C(=O)CNC(=O)c2ccccc2CCOc2ccc3c(c2)oc2ccccc23)ccc1Cl. The number of amides is 1. The summed E-state index contributed by atoms with van der Waals surface area (Å²) in [7, 11) is 0. The van der Waals surface area contributed by atoms with Crippen molar-refractivity contribution >= 4 is 50.9 Å². The highest BCUT2D eigenvalue weighted by molar-refractivity contribution is 6.33. The number of ether oxygens (including phenoxy) is 1. The molecule has 0 unspecified atom stereocenters. The van der Waals surface area contributed by atoms with Crippen molar-refractivity contribution in [1.82, 2.24) is 5.32 Å². The van der Waals surface area contributed by atoms with Crippen LogP contribution < -0.4 is 15.8 Å². The van der Waals surface area contributed by atoms with Crippen molar-refractivity contribution in [2.75, 3.05) is 18.9 Å². The quantitative estimate of drug-likeness (QED) is 0.200. The number of furan rings is 1. The minimum absolute atomic E-state index is 0.151. The summed E-state index contributed by atoms with van der Waals surface area (Å²) in [4.78, 5) is 25.3. The van der Waals surface area contributed by atoms with Crippen LogP contribution >= 0.6 is 11.6 Å². The number of anilines is 1. The van der Waals surface area contributed by atoms with Gasteiger partial charge in [-0.2, -0.15) is 0 Å². The number of ketones is 1. The second-order valence-electron chi connectivity index (χ2n) is 8.35. The number of para-hydroxylation sites is 1. The maximum absolute atomic E-state index is 12.8. The number of carbonyl (C=O) groups excluding carboxylic acids is 2. The second-order valence-corrected chi connectivity index (χ2v) is 8.76. The summed E-state index contributed by atoms with van der Waals surface area (Å²) in [6.07, 6.45) is 0.517. The molecule has 0 aliphatic rings. The summed E-state index contributed by atoms with van der Waals surface area (Å²) in [5.74, 6) is 0.106. The fourth-order valence-electron chi connectivity index (χ4n) is 4.11. The summed E-state index contributed by atoms with van der Waals surface area (Å²) in [6.45, 7) is 0.223. The van der Waals surface area contributed by atoms with Crippen molar-refractivity contribution in [1.29, 1.82) is 0 Å². The van der Waals surface area contributed by atoms with E-state index in [4.69, 9.17) is 26.5 Å². The van der Waals surface area contributed by atoms with Gasteiger partial charge in [-0.1, -0.05) is 48.0 Å². The Labute approximate surface area is 212 Å². The van der Waals surface area contributed by atoms with Crippen LogP contribution in [0.3, 0.4) is 0 Å². The first kappa shape index (κ1) is 23.5. The highest BCUT2D eigenvalue weighted by atomic mass is 35.5. The van der Waals surface area contributed by atoms with E-state index < -0.39 is 0 Å². The molecule has 1 amide bonds. The Morgan fingerprint density at radius 1 is 0.889 bits per heavy atom. The molecule has 4 aromatic carbocycles. The van der Waals surface area contributed by atoms with E-state index >= 15 is 0 Å². The molecule has 0 aliphatic carbocycles. The van der Waals surface area contributed by atoms with Gasteiger partial charge in [-0.25, -0.2) is 0 Å². The molecule has 7 heteroatoms. The van der Waals surface area contributed by atoms with Crippen LogP contribution in [0.1, 0.15) is 26.3 Å². The maximum atomic E-state index is 12.8. The smallest absolute Gasteiger partial charge is 0.251 e. The summed E-state index contributed by atoms with van der Waals surface area (Å²) >= 11 is 5.91. The predicted octanol–water partition coefficient (Wildman–Crippen LogP) is 6.06. The molecular weight excluding hydrogens is 476 g/mol. The van der Waals surface area contributed by atoms with Crippen LogP contribution in [-0.2, 0) is 6.42 Å². The first-order valence-corrected chi connectivity index (χ1v) is 11.9. The zero-order valence-corrected chi connectivity index (χ0v) is 20.0. The molecule has 36 heavy (non-hydrogen) atoms. The number of nitrogen functional groups attached to an aromatic ring is 1. The first-order chi connectivity index (χ1) is 17.5. The molecule has 1 heterocycles. The molecule has 0 saturated heterocycles. The lowest BCUT2D eigenvalue weighted by atomic mass is 10.0. The van der Waals surface area contributed by atoms with Crippen molar-refractivity contribution in [2.45, 2.75) is 6.42 Å². The standard InChI is InChI=1S/C29H23ClN2O4/c30-24-12-9-19(15-25(24)31)26(33)17-32-29(34)21-6-2-1-5-18(21)13-14-35-20-10-11-23-22-7-3-4-8-27(22)36-28(23)16-20/h1-12,15-16H,13-14,17,31H2,(H,32,34). The molecule has 1 aromatic heterocycles. The highest BCUT2D eigenvalue weighted by Gasteiger charge is 2.14. The largest absolute Gasteiger partial charge is 0.493 e. The fraction of sp³-hybridized carbons (Fsp3) is 0.103. The van der Waals surface area contributed by atoms with Gasteiger partial charge in [-0.05, 0) is 48.0 Å². The minimum Gasteiger partial charge on any atom is -0.493 e. The summed E-state index contributed by atoms with van der Waals surface area (Å²) in [6, 6.07) is 25.6. The van der Waals surface area contributed by atoms with E-state index in [0.29, 0.717) is 40.6 Å². The van der Waals surface area contributed by atoms with Crippen LogP contribution in [-0.4, -0.2) is 24.8 Å². The number of Topliss-reactive ketones (excluding diaryl/α,β-unsaturated/α-hetero) is 1. The van der Waals surface area contributed by atoms with Gasteiger partial charge < -0.3 is 20.2 Å². The molecule has 0 saturated carbocycles. The Morgan fingerprint density at radius 2 is 1.67 bits per heavy atom. The Kier molecular flexibility index (Phi) is 6.60. The molecule has 0 spiro atoms. The van der Waals surface area contributed by atoms with Crippen LogP contribution in [0, 0.1) is 0 Å². The Balaban J connectivity index is 1.21. The average Bonchev–Trinajstić information content (AvgIpc) is 3.27. The first-order valence-electron chi connectivity index (χ1n) is 11.5. The fourth-order valence-corrected chi connectivity index (χ4v) is 4.23. The zero-order chi connectivity index (χ0) is 25.1. The molecule has 6 nitrogen and oxygen atoms in total. The Bertz CT molecular complexity index is 1590. The number of nitrogens with two attached hydrogens (primary N) is 1. The summed E-state index contributed by atoms with van der Waals surface area (Å²) in [5, 5.41) is 5.18. The van der Waals surface area contributed by atoms with E-state index in [1.807, 2.05) is 54.6 Å². The van der Waals surface area contributed by atoms with Crippen LogP contribution in [0.25, 0.3) is 21.9 Å². The van der Waals surface area contributed by atoms with Gasteiger partial charge in [0.2, 0.25) is 0 Å². The van der Waals surface area contributed by atoms with Crippen molar-refractivity contribution in [2.24, 2.45) is 0 Å². The Hall–Kier alpha value is -4.29. The molecule has 3 N–H and O–H groups in total. The molecule has 5 aromatic rings. The van der Waals surface area contributed by atoms with Gasteiger partial charge in [0.1, 0.15) is 16.9 Å². The predicted molar refractivity (Wildman–Crippen MR) is 142 cm³/mol. The molecule has 5 rings (SSSR count). The molecule has 0 fully saturated rings. The topological polar surface area (TPSA) is 94.6 Å². The normalized spacial score (nSPS) is 11.0. The van der Waals surface area contributed by atoms with Crippen molar-refractivity contribution in [3.63, 3.8) is 0 Å². The van der Waals surface area contributed by atoms with E-state index in [2.05, 4.69) is 5.32 Å². The number of fused-ring (bicyclic) bond motifs is 3. The van der Waals surface area contributed by atoms with E-state index in [-0.39, 0.29) is 18.2 Å². The number of nitrogens with one attached hydrogen (secondary N) is 1. The molecule has 0 bridgehead atoms. The van der Waals surface area contributed by atoms with Crippen molar-refractivity contribution in [3.05, 3.63) is 107 Å². The Morgan fingerprint density at radius 3 is 2.53 bits per heavy atom. The van der Waals surface area contributed by atoms with Gasteiger partial charge in [0.15, 0.2) is 5.78 Å². The number of benzene rings is 4. The van der Waals surface area contributed by atoms with Crippen LogP contribution in [0.5, 0.6) is 5.75 Å². The lowest BCUT2D eigenvalue weighted by Gasteiger charge is -2.11. The van der Waals surface area contributed by atoms with Crippen LogP contribution in [0.4, 0.5) is 5.69 Å². The zero-order valence-electron chi connectivity index (χ0n) is 19.3. The van der Waals surface area contributed by atoms with Gasteiger partial charge in [-0.3, -0.25) is 9.59 Å². The van der Waals surface area contributed by atoms with Gasteiger partial charge in [-0.15, -0.1) is 0 Å². The summed E-state index contributed by atoms with van der Waals surface area (Å²) in [5.41, 5.74) is 9.40. The lowest BCUT2D eigenvalue weighted by molar-refractivity contribution is 0.0903. The van der Waals surface area contributed by atoms with Gasteiger partial charge in [0, 0.05) is 34.4 Å². The summed E-state index contributed by atoms with van der Waals surface area (Å²) < 4.78 is 11.9. The maximum Gasteiger partial charge on any atom is 0.251 e. The van der Waals surface area contributed by atoms with Crippen molar-refractivity contribution in [3.8, 4) is 5.75 Å². The molecule has 0 aliphatic heterocycles. The van der Waals surface area contributed by atoms with E-state index in [1.54, 1.807) is 24.3 Å². The third-order valence-electron chi connectivity index (χ3n) is 5.98. The van der Waals surface area contributed by atoms with E-state index in [9.17, 15) is 9.59 Å². The van der Waals surface area contributed by atoms with Crippen molar-refractivity contribution < 1.29 is 18.7 Å². The molecule has 0 radical (unpaired) electrons. The number of halogens is 1. The van der Waals surface area contributed by atoms with Gasteiger partial charge in [0.25, 0.3) is 5.91 Å². The van der Waals surface area contributed by atoms with Gasteiger partial charge in [0.05, 0.1) is 23.9 Å². The van der Waals surface area contributed by atoms with E-state index in [0.717, 1.165) is 27.5 Å². The minimum atomic E-state index is -0.329. The monoisotopic (exact) mass is 498 g/mol. The number of rotatable bonds is 8. The van der Waals surface area contributed by atoms with E-state index in [1.165, 1.54) is 6.07 Å². The molecule has 0 atom stereocenters. The lowest BCUT2D eigenvalue weighted by Crippen LogP contribution is -2.30. The van der Waals surface area contributed by atoms with Gasteiger partial charge >= 0.3 is 0 Å². The third-order valence-corrected chi connectivity index (χ3v) is 6.32. The molecular formula is C29H23ClN2O4. The third kappa shape index (κ3) is 4.90. The second kappa shape index (κ2) is 10.1. The molecule has 180 valence electrons. The highest BCUT2D eigenvalue weighted by Crippen LogP contribution is 2.31. The number of hydrogen-bond acceptors (Lipinski definition) is 5. The average molecular weight is 499 g/mol. The van der Waals surface area contributed by atoms with Crippen LogP contribution in [0.2, 0.25) is 5.02 Å².